The van der Waals surface area contributed by atoms with Crippen molar-refractivity contribution in [2.75, 3.05) is 18.8 Å². The first-order valence-electron chi connectivity index (χ1n) is 7.45. The maximum Gasteiger partial charge on any atom is 0.410 e. The van der Waals surface area contributed by atoms with Crippen molar-refractivity contribution in [3.63, 3.8) is 0 Å². The number of rotatable bonds is 2. The van der Waals surface area contributed by atoms with Gasteiger partial charge in [-0.25, -0.2) is 9.18 Å². The lowest BCUT2D eigenvalue weighted by Crippen LogP contribution is -2.44. The van der Waals surface area contributed by atoms with E-state index in [0.717, 1.165) is 0 Å². The normalized spacial score (nSPS) is 16.5. The van der Waals surface area contributed by atoms with Gasteiger partial charge in [-0.05, 0) is 32.9 Å². The van der Waals surface area contributed by atoms with Crippen molar-refractivity contribution < 1.29 is 18.7 Å². The smallest absolute Gasteiger partial charge is 0.410 e. The summed E-state index contributed by atoms with van der Waals surface area (Å²) in [6.07, 6.45) is 0.934. The molecule has 0 bridgehead atoms. The monoisotopic (exact) mass is 310 g/mol. The molecule has 1 aliphatic rings. The van der Waals surface area contributed by atoms with Crippen LogP contribution in [0.1, 0.15) is 33.6 Å². The third kappa shape index (κ3) is 4.26. The minimum absolute atomic E-state index is 0.0251. The standard InChI is InChI=1S/C16H23FN2O3/c1-16(2,3)22-15(20)19-9-7-11(8-10-19)21-13-6-4-5-12(17)14(13)18/h4-6,11H,7-10,18H2,1-3H3. The summed E-state index contributed by atoms with van der Waals surface area (Å²) in [6, 6.07) is 4.52. The number of para-hydroxylation sites is 1. The molecule has 1 aromatic rings. The average Bonchev–Trinajstić information content (AvgIpc) is 2.43. The molecule has 5 nitrogen and oxygen atoms in total. The molecule has 122 valence electrons. The second-order valence-corrected chi connectivity index (χ2v) is 6.44. The summed E-state index contributed by atoms with van der Waals surface area (Å²) in [4.78, 5) is 13.6. The van der Waals surface area contributed by atoms with Crippen LogP contribution in [0.4, 0.5) is 14.9 Å². The Hall–Kier alpha value is -1.98. The summed E-state index contributed by atoms with van der Waals surface area (Å²) in [6.45, 7) is 6.62. The summed E-state index contributed by atoms with van der Waals surface area (Å²) < 4.78 is 24.5. The number of amides is 1. The topological polar surface area (TPSA) is 64.8 Å². The van der Waals surface area contributed by atoms with Gasteiger partial charge in [0.15, 0.2) is 0 Å². The van der Waals surface area contributed by atoms with Crippen molar-refractivity contribution in [2.45, 2.75) is 45.3 Å². The van der Waals surface area contributed by atoms with Crippen LogP contribution in [-0.2, 0) is 4.74 Å². The van der Waals surface area contributed by atoms with E-state index >= 15 is 0 Å². The van der Waals surface area contributed by atoms with Crippen molar-refractivity contribution >= 4 is 11.8 Å². The molecule has 0 aliphatic carbocycles. The number of hydrogen-bond acceptors (Lipinski definition) is 4. The molecular formula is C16H23FN2O3. The molecule has 0 atom stereocenters. The van der Waals surface area contributed by atoms with E-state index in [4.69, 9.17) is 15.2 Å². The number of piperidine rings is 1. The second kappa shape index (κ2) is 6.42. The van der Waals surface area contributed by atoms with Gasteiger partial charge in [-0.2, -0.15) is 0 Å². The van der Waals surface area contributed by atoms with Gasteiger partial charge >= 0.3 is 6.09 Å². The number of halogens is 1. The van der Waals surface area contributed by atoms with Crippen LogP contribution in [0.5, 0.6) is 5.75 Å². The van der Waals surface area contributed by atoms with Crippen LogP contribution < -0.4 is 10.5 Å². The zero-order valence-corrected chi connectivity index (χ0v) is 13.3. The molecule has 6 heteroatoms. The molecule has 1 heterocycles. The van der Waals surface area contributed by atoms with E-state index < -0.39 is 11.4 Å². The van der Waals surface area contributed by atoms with Gasteiger partial charge < -0.3 is 20.1 Å². The molecule has 2 rings (SSSR count). The Kier molecular flexibility index (Phi) is 4.78. The number of benzene rings is 1. The number of nitrogen functional groups attached to an aromatic ring is 1. The summed E-state index contributed by atoms with van der Waals surface area (Å²) in [5.41, 5.74) is 5.19. The fourth-order valence-electron chi connectivity index (χ4n) is 2.28. The third-order valence-electron chi connectivity index (χ3n) is 3.40. The summed E-state index contributed by atoms with van der Waals surface area (Å²) in [5.74, 6) is -0.126. The highest BCUT2D eigenvalue weighted by molar-refractivity contribution is 5.68. The minimum atomic E-state index is -0.500. The van der Waals surface area contributed by atoms with Gasteiger partial charge in [0.1, 0.15) is 29.0 Å². The highest BCUT2D eigenvalue weighted by atomic mass is 19.1. The molecule has 0 aromatic heterocycles. The number of hydrogen-bond donors (Lipinski definition) is 1. The maximum atomic E-state index is 13.4. The Labute approximate surface area is 130 Å². The van der Waals surface area contributed by atoms with Gasteiger partial charge in [0.2, 0.25) is 0 Å². The summed E-state index contributed by atoms with van der Waals surface area (Å²) in [7, 11) is 0. The van der Waals surface area contributed by atoms with E-state index in [1.807, 2.05) is 20.8 Å². The Morgan fingerprint density at radius 3 is 2.55 bits per heavy atom. The number of carbonyl (C=O) groups is 1. The predicted octanol–water partition coefficient (Wildman–Crippen LogP) is 3.19. The number of ether oxygens (including phenoxy) is 2. The quantitative estimate of drug-likeness (QED) is 0.852. The summed E-state index contributed by atoms with van der Waals surface area (Å²) in [5, 5.41) is 0. The molecule has 1 aromatic carbocycles. The molecule has 0 saturated carbocycles. The van der Waals surface area contributed by atoms with Gasteiger partial charge in [0.25, 0.3) is 0 Å². The van der Waals surface area contributed by atoms with E-state index in [0.29, 0.717) is 31.7 Å². The zero-order valence-electron chi connectivity index (χ0n) is 13.3. The van der Waals surface area contributed by atoms with Gasteiger partial charge in [-0.3, -0.25) is 0 Å². The van der Waals surface area contributed by atoms with Crippen molar-refractivity contribution in [1.82, 2.24) is 4.90 Å². The lowest BCUT2D eigenvalue weighted by molar-refractivity contribution is 0.0127. The van der Waals surface area contributed by atoms with E-state index in [1.165, 1.54) is 6.07 Å². The molecule has 1 saturated heterocycles. The average molecular weight is 310 g/mol. The lowest BCUT2D eigenvalue weighted by Gasteiger charge is -2.33. The largest absolute Gasteiger partial charge is 0.488 e. The number of nitrogens with zero attached hydrogens (tertiary/aromatic N) is 1. The van der Waals surface area contributed by atoms with Crippen molar-refractivity contribution in [3.05, 3.63) is 24.0 Å². The molecule has 1 fully saturated rings. The Balaban J connectivity index is 1.87. The van der Waals surface area contributed by atoms with E-state index in [2.05, 4.69) is 0 Å². The fourth-order valence-corrected chi connectivity index (χ4v) is 2.28. The molecule has 2 N–H and O–H groups in total. The van der Waals surface area contributed by atoms with Crippen LogP contribution in [0.3, 0.4) is 0 Å². The number of anilines is 1. The predicted molar refractivity (Wildman–Crippen MR) is 82.3 cm³/mol. The molecule has 22 heavy (non-hydrogen) atoms. The Morgan fingerprint density at radius 1 is 1.32 bits per heavy atom. The van der Waals surface area contributed by atoms with Crippen LogP contribution in [0.2, 0.25) is 0 Å². The number of carbonyl (C=O) groups excluding carboxylic acids is 1. The molecular weight excluding hydrogens is 287 g/mol. The molecule has 0 unspecified atom stereocenters. The van der Waals surface area contributed by atoms with Crippen LogP contribution >= 0.6 is 0 Å². The van der Waals surface area contributed by atoms with Crippen molar-refractivity contribution in [2.24, 2.45) is 0 Å². The van der Waals surface area contributed by atoms with Crippen molar-refractivity contribution in [3.8, 4) is 5.75 Å². The number of likely N-dealkylation sites (tertiary alicyclic amines) is 1. The first kappa shape index (κ1) is 16.4. The summed E-state index contributed by atoms with van der Waals surface area (Å²) >= 11 is 0. The van der Waals surface area contributed by atoms with E-state index in [9.17, 15) is 9.18 Å². The fraction of sp³-hybridized carbons (Fsp3) is 0.562. The Bertz CT molecular complexity index is 535. The molecule has 1 aliphatic heterocycles. The second-order valence-electron chi connectivity index (χ2n) is 6.44. The highest BCUT2D eigenvalue weighted by Crippen LogP contribution is 2.27. The molecule has 1 amide bonds. The molecule has 0 radical (unpaired) electrons. The highest BCUT2D eigenvalue weighted by Gasteiger charge is 2.28. The van der Waals surface area contributed by atoms with Crippen LogP contribution in [0.25, 0.3) is 0 Å². The van der Waals surface area contributed by atoms with Gasteiger partial charge in [0, 0.05) is 25.9 Å². The van der Waals surface area contributed by atoms with E-state index in [1.54, 1.807) is 17.0 Å². The van der Waals surface area contributed by atoms with E-state index in [-0.39, 0.29) is 17.9 Å². The third-order valence-corrected chi connectivity index (χ3v) is 3.40. The van der Waals surface area contributed by atoms with Gasteiger partial charge in [-0.15, -0.1) is 0 Å². The lowest BCUT2D eigenvalue weighted by atomic mass is 10.1. The van der Waals surface area contributed by atoms with Gasteiger partial charge in [0.05, 0.1) is 0 Å². The maximum absolute atomic E-state index is 13.4. The van der Waals surface area contributed by atoms with Crippen LogP contribution in [-0.4, -0.2) is 35.8 Å². The SMILES string of the molecule is CC(C)(C)OC(=O)N1CCC(Oc2cccc(F)c2N)CC1. The minimum Gasteiger partial charge on any atom is -0.488 e. The first-order chi connectivity index (χ1) is 10.3. The van der Waals surface area contributed by atoms with Crippen LogP contribution in [0.15, 0.2) is 18.2 Å². The molecule has 0 spiro atoms. The number of nitrogens with two attached hydrogens (primary N) is 1. The van der Waals surface area contributed by atoms with Crippen molar-refractivity contribution in [1.29, 1.82) is 0 Å². The van der Waals surface area contributed by atoms with Gasteiger partial charge in [-0.1, -0.05) is 6.07 Å². The first-order valence-corrected chi connectivity index (χ1v) is 7.45. The Morgan fingerprint density at radius 2 is 1.95 bits per heavy atom. The van der Waals surface area contributed by atoms with Crippen LogP contribution in [0, 0.1) is 5.82 Å². The zero-order chi connectivity index (χ0) is 16.3.